The summed E-state index contributed by atoms with van der Waals surface area (Å²) in [6.07, 6.45) is 0.995. The van der Waals surface area contributed by atoms with E-state index >= 15 is 0 Å². The maximum atomic E-state index is 6.14. The predicted octanol–water partition coefficient (Wildman–Crippen LogP) is 7.77. The van der Waals surface area contributed by atoms with E-state index in [0.29, 0.717) is 0 Å². The maximum absolute atomic E-state index is 6.14. The second kappa shape index (κ2) is 6.41. The van der Waals surface area contributed by atoms with Crippen LogP contribution in [-0.4, -0.2) is 0 Å². The van der Waals surface area contributed by atoms with Crippen molar-refractivity contribution in [1.82, 2.24) is 0 Å². The third kappa shape index (κ3) is 2.81. The van der Waals surface area contributed by atoms with Crippen LogP contribution >= 0.6 is 39.1 Å². The van der Waals surface area contributed by atoms with Gasteiger partial charge < -0.3 is 0 Å². The lowest BCUT2D eigenvalue weighted by Crippen LogP contribution is -2.26. The van der Waals surface area contributed by atoms with Gasteiger partial charge in [0.05, 0.1) is 0 Å². The molecule has 3 aromatic carbocycles. The van der Waals surface area contributed by atoms with Crippen molar-refractivity contribution in [3.05, 3.63) is 104 Å². The summed E-state index contributed by atoms with van der Waals surface area (Å²) in [5, 5.41) is 1.54. The third-order valence-corrected chi connectivity index (χ3v) is 6.84. The molecule has 2 atom stereocenters. The fourth-order valence-corrected chi connectivity index (χ4v) is 5.12. The number of hydrogen-bond acceptors (Lipinski definition) is 0. The summed E-state index contributed by atoms with van der Waals surface area (Å²) in [6, 6.07) is 23.2. The zero-order valence-corrected chi connectivity index (χ0v) is 17.8. The molecule has 2 unspecified atom stereocenters. The minimum Gasteiger partial charge on any atom is -0.0843 e. The second-order valence-electron chi connectivity index (χ2n) is 7.54. The van der Waals surface area contributed by atoms with Gasteiger partial charge in [0.15, 0.2) is 0 Å². The number of halogens is 3. The first kappa shape index (κ1) is 18.1. The summed E-state index contributed by atoms with van der Waals surface area (Å²) in [6.45, 7) is 4.67. The molecule has 0 saturated carbocycles. The fraction of sp³-hybridized carbons (Fsp3) is 0.217. The highest BCUT2D eigenvalue weighted by Gasteiger charge is 2.48. The zero-order valence-electron chi connectivity index (χ0n) is 14.7. The van der Waals surface area contributed by atoms with Gasteiger partial charge in [-0.3, -0.25) is 0 Å². The summed E-state index contributed by atoms with van der Waals surface area (Å²) >= 11 is 15.9. The standard InChI is InChI=1S/C23H19BrCl2/c1-22(15-3-8-18(25)9-4-15)14-23(2,16-5-10-19(26)11-6-16)21-13-17(24)7-12-20(21)22/h3-13H,14H2,1-2H3. The molecule has 0 N–H and O–H groups in total. The highest BCUT2D eigenvalue weighted by molar-refractivity contribution is 9.10. The van der Waals surface area contributed by atoms with Crippen LogP contribution in [-0.2, 0) is 10.8 Å². The molecule has 4 rings (SSSR count). The minimum atomic E-state index is -0.0852. The van der Waals surface area contributed by atoms with Gasteiger partial charge in [0.25, 0.3) is 0 Å². The zero-order chi connectivity index (χ0) is 18.5. The molecule has 0 amide bonds. The van der Waals surface area contributed by atoms with Crippen molar-refractivity contribution < 1.29 is 0 Å². The first-order valence-electron chi connectivity index (χ1n) is 8.65. The summed E-state index contributed by atoms with van der Waals surface area (Å²) in [4.78, 5) is 0. The van der Waals surface area contributed by atoms with E-state index in [9.17, 15) is 0 Å². The second-order valence-corrected chi connectivity index (χ2v) is 9.33. The number of benzene rings is 3. The normalized spacial score (nSPS) is 24.5. The van der Waals surface area contributed by atoms with Crippen molar-refractivity contribution in [3.63, 3.8) is 0 Å². The van der Waals surface area contributed by atoms with E-state index in [-0.39, 0.29) is 10.8 Å². The molecule has 0 aliphatic heterocycles. The lowest BCUT2D eigenvalue weighted by atomic mass is 9.72. The highest BCUT2D eigenvalue weighted by Crippen LogP contribution is 2.56. The van der Waals surface area contributed by atoms with E-state index in [2.05, 4.69) is 72.2 Å². The quantitative estimate of drug-likeness (QED) is 0.377. The summed E-state index contributed by atoms with van der Waals surface area (Å²) in [5.74, 6) is 0. The fourth-order valence-electron chi connectivity index (χ4n) is 4.50. The van der Waals surface area contributed by atoms with E-state index in [1.807, 2.05) is 24.3 Å². The van der Waals surface area contributed by atoms with Gasteiger partial charge in [-0.2, -0.15) is 0 Å². The van der Waals surface area contributed by atoms with Crippen molar-refractivity contribution in [3.8, 4) is 0 Å². The predicted molar refractivity (Wildman–Crippen MR) is 115 cm³/mol. The Balaban J connectivity index is 1.93. The van der Waals surface area contributed by atoms with Gasteiger partial charge in [0.1, 0.15) is 0 Å². The highest BCUT2D eigenvalue weighted by atomic mass is 79.9. The topological polar surface area (TPSA) is 0 Å². The first-order valence-corrected chi connectivity index (χ1v) is 10.2. The summed E-state index contributed by atoms with van der Waals surface area (Å²) in [7, 11) is 0. The van der Waals surface area contributed by atoms with Crippen LogP contribution in [0.1, 0.15) is 42.5 Å². The molecule has 0 aromatic heterocycles. The van der Waals surface area contributed by atoms with Gasteiger partial charge in [-0.05, 0) is 65.1 Å². The Labute approximate surface area is 173 Å². The first-order chi connectivity index (χ1) is 12.3. The number of hydrogen-bond donors (Lipinski definition) is 0. The number of fused-ring (bicyclic) bond motifs is 1. The third-order valence-electron chi connectivity index (χ3n) is 5.84. The molecule has 0 nitrogen and oxygen atoms in total. The Bertz CT molecular complexity index is 963. The Morgan fingerprint density at radius 1 is 0.692 bits per heavy atom. The van der Waals surface area contributed by atoms with Crippen LogP contribution in [0.25, 0.3) is 0 Å². The maximum Gasteiger partial charge on any atom is 0.0406 e. The lowest BCUT2D eigenvalue weighted by Gasteiger charge is -2.31. The molecule has 1 aliphatic carbocycles. The van der Waals surface area contributed by atoms with Crippen LogP contribution in [0.5, 0.6) is 0 Å². The SMILES string of the molecule is CC1(c2ccc(Cl)cc2)CC(C)(c2ccc(Cl)cc2)c2cc(Br)ccc21. The van der Waals surface area contributed by atoms with Crippen molar-refractivity contribution in [2.75, 3.05) is 0 Å². The van der Waals surface area contributed by atoms with Crippen molar-refractivity contribution in [1.29, 1.82) is 0 Å². The molecular formula is C23H19BrCl2. The molecule has 0 bridgehead atoms. The van der Waals surface area contributed by atoms with Gasteiger partial charge in [-0.1, -0.05) is 83.3 Å². The van der Waals surface area contributed by atoms with Gasteiger partial charge >= 0.3 is 0 Å². The average molecular weight is 446 g/mol. The monoisotopic (exact) mass is 444 g/mol. The van der Waals surface area contributed by atoms with E-state index in [0.717, 1.165) is 20.9 Å². The molecule has 0 saturated heterocycles. The molecule has 26 heavy (non-hydrogen) atoms. The van der Waals surface area contributed by atoms with Crippen molar-refractivity contribution >= 4 is 39.1 Å². The van der Waals surface area contributed by atoms with E-state index in [1.54, 1.807) is 0 Å². The van der Waals surface area contributed by atoms with Gasteiger partial charge in [0.2, 0.25) is 0 Å². The van der Waals surface area contributed by atoms with Crippen LogP contribution in [0.3, 0.4) is 0 Å². The summed E-state index contributed by atoms with van der Waals surface area (Å²) < 4.78 is 1.11. The Morgan fingerprint density at radius 2 is 1.15 bits per heavy atom. The minimum absolute atomic E-state index is 0.0744. The summed E-state index contributed by atoms with van der Waals surface area (Å²) in [5.41, 5.74) is 5.17. The molecule has 3 heteroatoms. The van der Waals surface area contributed by atoms with Crippen LogP contribution in [0, 0.1) is 0 Å². The van der Waals surface area contributed by atoms with Crippen LogP contribution < -0.4 is 0 Å². The van der Waals surface area contributed by atoms with Crippen LogP contribution in [0.4, 0.5) is 0 Å². The Morgan fingerprint density at radius 3 is 1.65 bits per heavy atom. The molecule has 3 aromatic rings. The van der Waals surface area contributed by atoms with Crippen LogP contribution in [0.15, 0.2) is 71.2 Å². The van der Waals surface area contributed by atoms with Gasteiger partial charge in [-0.25, -0.2) is 0 Å². The molecule has 0 spiro atoms. The molecular weight excluding hydrogens is 427 g/mol. The van der Waals surface area contributed by atoms with E-state index in [1.165, 1.54) is 22.3 Å². The van der Waals surface area contributed by atoms with E-state index in [4.69, 9.17) is 23.2 Å². The Kier molecular flexibility index (Phi) is 4.46. The molecule has 0 heterocycles. The molecule has 132 valence electrons. The van der Waals surface area contributed by atoms with Crippen molar-refractivity contribution in [2.24, 2.45) is 0 Å². The largest absolute Gasteiger partial charge is 0.0843 e. The molecule has 0 fully saturated rings. The number of rotatable bonds is 2. The van der Waals surface area contributed by atoms with E-state index < -0.39 is 0 Å². The van der Waals surface area contributed by atoms with Gasteiger partial charge in [-0.15, -0.1) is 0 Å². The smallest absolute Gasteiger partial charge is 0.0406 e. The lowest BCUT2D eigenvalue weighted by molar-refractivity contribution is 0.450. The van der Waals surface area contributed by atoms with Crippen molar-refractivity contribution in [2.45, 2.75) is 31.1 Å². The molecule has 1 aliphatic rings. The average Bonchev–Trinajstić information content (AvgIpc) is 2.85. The van der Waals surface area contributed by atoms with Gasteiger partial charge in [0, 0.05) is 25.3 Å². The Hall–Kier alpha value is -1.28. The van der Waals surface area contributed by atoms with Crippen LogP contribution in [0.2, 0.25) is 10.0 Å². The molecule has 0 radical (unpaired) electrons.